The van der Waals surface area contributed by atoms with Gasteiger partial charge in [-0.2, -0.15) is 0 Å². The molecule has 1 rings (SSSR count). The van der Waals surface area contributed by atoms with Gasteiger partial charge in [-0.3, -0.25) is 19.2 Å². The van der Waals surface area contributed by atoms with Gasteiger partial charge in [-0.05, 0) is 86.9 Å². The number of rotatable bonds is 14. The van der Waals surface area contributed by atoms with Crippen molar-refractivity contribution in [3.05, 3.63) is 39.2 Å². The number of hydrogen-bond donors (Lipinski definition) is 5. The van der Waals surface area contributed by atoms with Gasteiger partial charge in [0.05, 0.1) is 0 Å². The molecule has 0 aliphatic heterocycles. The van der Waals surface area contributed by atoms with Crippen LogP contribution in [0.4, 0.5) is 4.39 Å². The molecule has 3 atom stereocenters. The zero-order valence-electron chi connectivity index (χ0n) is 19.4. The lowest BCUT2D eigenvalue weighted by Gasteiger charge is -2.19. The van der Waals surface area contributed by atoms with Gasteiger partial charge in [0.1, 0.15) is 17.9 Å². The molecule has 11 heteroatoms. The van der Waals surface area contributed by atoms with E-state index in [0.717, 1.165) is 16.1 Å². The van der Waals surface area contributed by atoms with Crippen LogP contribution in [-0.2, 0) is 19.2 Å². The smallest absolute Gasteiger partial charge is 0.244 e. The number of amides is 4. The molecule has 0 saturated carbocycles. The molecule has 2 unspecified atom stereocenters. The molecule has 1 aromatic carbocycles. The molecule has 0 fully saturated rings. The van der Waals surface area contributed by atoms with Crippen LogP contribution >= 0.6 is 22.6 Å². The average Bonchev–Trinajstić information content (AvgIpc) is 2.76. The highest BCUT2D eigenvalue weighted by Crippen LogP contribution is 2.13. The second kappa shape index (κ2) is 15.4. The highest BCUT2D eigenvalue weighted by atomic mass is 127. The summed E-state index contributed by atoms with van der Waals surface area (Å²) in [6.07, 6.45) is 4.75. The van der Waals surface area contributed by atoms with E-state index in [1.165, 1.54) is 19.1 Å². The van der Waals surface area contributed by atoms with Crippen molar-refractivity contribution < 1.29 is 23.6 Å². The van der Waals surface area contributed by atoms with Crippen LogP contribution < -0.4 is 27.4 Å². The first-order valence-electron chi connectivity index (χ1n) is 11.1. The predicted molar refractivity (Wildman–Crippen MR) is 137 cm³/mol. The Hall–Kier alpha value is -2.54. The molecule has 0 bridgehead atoms. The van der Waals surface area contributed by atoms with Gasteiger partial charge in [0.2, 0.25) is 23.6 Å². The summed E-state index contributed by atoms with van der Waals surface area (Å²) < 4.78 is 14.6. The van der Waals surface area contributed by atoms with Gasteiger partial charge in [0.15, 0.2) is 0 Å². The third-order valence-corrected chi connectivity index (χ3v) is 5.62. The van der Waals surface area contributed by atoms with Crippen LogP contribution in [0.15, 0.2) is 24.3 Å². The maximum atomic E-state index is 13.8. The number of nitrogens with two attached hydrogens (primary N) is 2. The second-order valence-corrected chi connectivity index (χ2v) is 9.23. The minimum atomic E-state index is -0.836. The van der Waals surface area contributed by atoms with Crippen LogP contribution in [0, 0.1) is 9.39 Å². The molecule has 0 aromatic heterocycles. The summed E-state index contributed by atoms with van der Waals surface area (Å²) >= 11 is 1.99. The monoisotopic (exact) mass is 589 g/mol. The molecule has 0 spiro atoms. The minimum Gasteiger partial charge on any atom is -0.368 e. The van der Waals surface area contributed by atoms with E-state index in [2.05, 4.69) is 16.0 Å². The molecular formula is C23H33FIN5O4. The van der Waals surface area contributed by atoms with Gasteiger partial charge >= 0.3 is 0 Å². The highest BCUT2D eigenvalue weighted by Gasteiger charge is 2.20. The zero-order valence-corrected chi connectivity index (χ0v) is 21.6. The summed E-state index contributed by atoms with van der Waals surface area (Å²) in [5.74, 6) is -2.36. The quantitative estimate of drug-likeness (QED) is 0.126. The summed E-state index contributed by atoms with van der Waals surface area (Å²) in [5, 5.41) is 7.84. The second-order valence-electron chi connectivity index (χ2n) is 7.98. The van der Waals surface area contributed by atoms with Crippen LogP contribution in [0.25, 0.3) is 6.08 Å². The van der Waals surface area contributed by atoms with E-state index in [1.807, 2.05) is 22.6 Å². The maximum Gasteiger partial charge on any atom is 0.244 e. The number of carbonyl (C=O) groups is 4. The van der Waals surface area contributed by atoms with Gasteiger partial charge < -0.3 is 27.4 Å². The summed E-state index contributed by atoms with van der Waals surface area (Å²) in [6, 6.07) is 2.69. The lowest BCUT2D eigenvalue weighted by Crippen LogP contribution is -2.47. The van der Waals surface area contributed by atoms with Crippen LogP contribution in [0.5, 0.6) is 0 Å². The topological polar surface area (TPSA) is 156 Å². The van der Waals surface area contributed by atoms with E-state index in [-0.39, 0.29) is 23.9 Å². The molecule has 34 heavy (non-hydrogen) atoms. The molecular weight excluding hydrogens is 556 g/mol. The van der Waals surface area contributed by atoms with Crippen LogP contribution in [0.2, 0.25) is 0 Å². The largest absolute Gasteiger partial charge is 0.368 e. The lowest BCUT2D eigenvalue weighted by atomic mass is 10.1. The fraction of sp³-hybridized carbons (Fsp3) is 0.478. The lowest BCUT2D eigenvalue weighted by molar-refractivity contribution is -0.128. The number of halogens is 2. The van der Waals surface area contributed by atoms with Crippen molar-refractivity contribution in [2.24, 2.45) is 11.5 Å². The molecule has 4 amide bonds. The molecule has 0 aliphatic rings. The van der Waals surface area contributed by atoms with Crippen molar-refractivity contribution in [3.63, 3.8) is 0 Å². The van der Waals surface area contributed by atoms with E-state index in [0.29, 0.717) is 25.8 Å². The summed E-state index contributed by atoms with van der Waals surface area (Å²) in [4.78, 5) is 48.0. The summed E-state index contributed by atoms with van der Waals surface area (Å²) in [7, 11) is 0. The molecule has 7 N–H and O–H groups in total. The van der Waals surface area contributed by atoms with Crippen molar-refractivity contribution in [3.8, 4) is 0 Å². The Morgan fingerprint density at radius 2 is 1.79 bits per heavy atom. The predicted octanol–water partition coefficient (Wildman–Crippen LogP) is 1.33. The molecule has 188 valence electrons. The van der Waals surface area contributed by atoms with Crippen LogP contribution in [-0.4, -0.2) is 48.3 Å². The van der Waals surface area contributed by atoms with E-state index < -0.39 is 35.6 Å². The summed E-state index contributed by atoms with van der Waals surface area (Å²) in [5.41, 5.74) is 11.0. The zero-order chi connectivity index (χ0) is 25.7. The Labute approximate surface area is 212 Å². The number of carbonyl (C=O) groups excluding carboxylic acids is 4. The van der Waals surface area contributed by atoms with Gasteiger partial charge in [0.25, 0.3) is 0 Å². The Morgan fingerprint density at radius 1 is 1.09 bits per heavy atom. The fourth-order valence-electron chi connectivity index (χ4n) is 2.96. The SMILES string of the molecule is CC(NC(=O)/C=C/c1ccc(I)cc1F)C(=O)N[C@H](C)CCC(=O)NC(CCCCN)C(N)=O. The Morgan fingerprint density at radius 3 is 2.41 bits per heavy atom. The molecule has 0 saturated heterocycles. The number of nitrogens with one attached hydrogen (secondary N) is 3. The van der Waals surface area contributed by atoms with Crippen molar-refractivity contribution >= 4 is 52.3 Å². The fourth-order valence-corrected chi connectivity index (χ4v) is 3.41. The van der Waals surface area contributed by atoms with Crippen molar-refractivity contribution in [2.45, 2.75) is 64.1 Å². The van der Waals surface area contributed by atoms with Crippen LogP contribution in [0.3, 0.4) is 0 Å². The van der Waals surface area contributed by atoms with Gasteiger partial charge in [-0.15, -0.1) is 0 Å². The normalized spacial score (nSPS) is 13.7. The van der Waals surface area contributed by atoms with Gasteiger partial charge in [-0.1, -0.05) is 6.07 Å². The number of primary amides is 1. The number of benzene rings is 1. The molecule has 1 aromatic rings. The van der Waals surface area contributed by atoms with E-state index in [4.69, 9.17) is 11.5 Å². The third kappa shape index (κ3) is 11.5. The molecule has 0 aliphatic carbocycles. The Kier molecular flexibility index (Phi) is 13.3. The van der Waals surface area contributed by atoms with Crippen LogP contribution in [0.1, 0.15) is 51.5 Å². The summed E-state index contributed by atoms with van der Waals surface area (Å²) in [6.45, 7) is 3.74. The first-order chi connectivity index (χ1) is 16.0. The third-order valence-electron chi connectivity index (χ3n) is 4.95. The van der Waals surface area contributed by atoms with Crippen molar-refractivity contribution in [2.75, 3.05) is 6.54 Å². The van der Waals surface area contributed by atoms with E-state index >= 15 is 0 Å². The number of unbranched alkanes of at least 4 members (excludes halogenated alkanes) is 1. The first-order valence-corrected chi connectivity index (χ1v) is 12.1. The standard InChI is InChI=1S/C23H33FIN5O4/c1-14(6-10-21(32)30-19(22(27)33)5-3-4-12-26)28-23(34)15(2)29-20(31)11-8-16-7-9-17(25)13-18(16)24/h7-9,11,13-15,19H,3-6,10,12,26H2,1-2H3,(H2,27,33)(H,28,34)(H,29,31)(H,30,32)/b11-8+/t14-,15?,19?/m1/s1. The minimum absolute atomic E-state index is 0.0904. The first kappa shape index (κ1) is 29.5. The Balaban J connectivity index is 2.43. The molecule has 9 nitrogen and oxygen atoms in total. The van der Waals surface area contributed by atoms with Gasteiger partial charge in [-0.25, -0.2) is 4.39 Å². The Bertz CT molecular complexity index is 896. The highest BCUT2D eigenvalue weighted by molar-refractivity contribution is 14.1. The molecule has 0 heterocycles. The van der Waals surface area contributed by atoms with Gasteiger partial charge in [0, 0.05) is 27.7 Å². The van der Waals surface area contributed by atoms with E-state index in [9.17, 15) is 23.6 Å². The van der Waals surface area contributed by atoms with Crippen molar-refractivity contribution in [1.82, 2.24) is 16.0 Å². The average molecular weight is 589 g/mol. The van der Waals surface area contributed by atoms with E-state index in [1.54, 1.807) is 19.1 Å². The number of hydrogen-bond acceptors (Lipinski definition) is 5. The van der Waals surface area contributed by atoms with Crippen molar-refractivity contribution in [1.29, 1.82) is 0 Å². The maximum absolute atomic E-state index is 13.8. The molecule has 0 radical (unpaired) electrons.